The van der Waals surface area contributed by atoms with Crippen molar-refractivity contribution in [1.29, 1.82) is 0 Å². The largest absolute Gasteiger partial charge is 0.495 e. The molecule has 1 aliphatic heterocycles. The Morgan fingerprint density at radius 1 is 1.29 bits per heavy atom. The number of carbonyl (C=O) groups is 2. The van der Waals surface area contributed by atoms with Gasteiger partial charge in [-0.1, -0.05) is 18.2 Å². The molecule has 1 N–H and O–H groups in total. The van der Waals surface area contributed by atoms with E-state index in [9.17, 15) is 9.59 Å². The Morgan fingerprint density at radius 2 is 2.08 bits per heavy atom. The fourth-order valence-electron chi connectivity index (χ4n) is 2.77. The standard InChI is InChI=1S/C18H19N3O3/c1-24-16-8-3-2-7-15(16)20-18(23)13-10-17(22)21(11-13)12-14-6-4-5-9-19-14/h2-9,13H,10-12H2,1H3,(H,20,23)/t13-/m1/s1. The highest BCUT2D eigenvalue weighted by atomic mass is 16.5. The van der Waals surface area contributed by atoms with Crippen LogP contribution in [0.3, 0.4) is 0 Å². The molecule has 0 bridgehead atoms. The van der Waals surface area contributed by atoms with Crippen molar-refractivity contribution in [3.63, 3.8) is 0 Å². The first-order valence-corrected chi connectivity index (χ1v) is 7.79. The second kappa shape index (κ2) is 7.12. The van der Waals surface area contributed by atoms with Gasteiger partial charge in [-0.2, -0.15) is 0 Å². The number of benzene rings is 1. The second-order valence-electron chi connectivity index (χ2n) is 5.69. The number of nitrogens with one attached hydrogen (secondary N) is 1. The van der Waals surface area contributed by atoms with Crippen molar-refractivity contribution in [1.82, 2.24) is 9.88 Å². The highest BCUT2D eigenvalue weighted by Crippen LogP contribution is 2.26. The van der Waals surface area contributed by atoms with E-state index in [1.165, 1.54) is 0 Å². The van der Waals surface area contributed by atoms with Gasteiger partial charge in [-0.3, -0.25) is 14.6 Å². The number of hydrogen-bond donors (Lipinski definition) is 1. The average Bonchev–Trinajstić information content (AvgIpc) is 2.97. The number of para-hydroxylation sites is 2. The molecule has 1 saturated heterocycles. The van der Waals surface area contributed by atoms with Crippen molar-refractivity contribution >= 4 is 17.5 Å². The SMILES string of the molecule is COc1ccccc1NC(=O)[C@@H]1CC(=O)N(Cc2ccccn2)C1. The van der Waals surface area contributed by atoms with E-state index in [2.05, 4.69) is 10.3 Å². The number of likely N-dealkylation sites (tertiary alicyclic amines) is 1. The van der Waals surface area contributed by atoms with E-state index < -0.39 is 0 Å². The summed E-state index contributed by atoms with van der Waals surface area (Å²) in [6, 6.07) is 12.8. The van der Waals surface area contributed by atoms with Crippen LogP contribution < -0.4 is 10.1 Å². The minimum absolute atomic E-state index is 0.0270. The van der Waals surface area contributed by atoms with Gasteiger partial charge in [-0.25, -0.2) is 0 Å². The lowest BCUT2D eigenvalue weighted by atomic mass is 10.1. The van der Waals surface area contributed by atoms with E-state index in [4.69, 9.17) is 4.74 Å². The number of nitrogens with zero attached hydrogens (tertiary/aromatic N) is 2. The van der Waals surface area contributed by atoms with Gasteiger partial charge in [0.15, 0.2) is 0 Å². The molecule has 0 radical (unpaired) electrons. The molecule has 6 heteroatoms. The fourth-order valence-corrected chi connectivity index (χ4v) is 2.77. The van der Waals surface area contributed by atoms with Crippen LogP contribution >= 0.6 is 0 Å². The normalized spacial score (nSPS) is 17.0. The van der Waals surface area contributed by atoms with Crippen molar-refractivity contribution < 1.29 is 14.3 Å². The number of rotatable bonds is 5. The van der Waals surface area contributed by atoms with Gasteiger partial charge >= 0.3 is 0 Å². The van der Waals surface area contributed by atoms with E-state index in [-0.39, 0.29) is 24.2 Å². The number of carbonyl (C=O) groups excluding carboxylic acids is 2. The number of methoxy groups -OCH3 is 1. The topological polar surface area (TPSA) is 71.5 Å². The zero-order valence-corrected chi connectivity index (χ0v) is 13.4. The number of anilines is 1. The molecule has 0 saturated carbocycles. The van der Waals surface area contributed by atoms with Crippen molar-refractivity contribution in [2.24, 2.45) is 5.92 Å². The second-order valence-corrected chi connectivity index (χ2v) is 5.69. The number of ether oxygens (including phenoxy) is 1. The maximum Gasteiger partial charge on any atom is 0.229 e. The van der Waals surface area contributed by atoms with Gasteiger partial charge in [-0.05, 0) is 24.3 Å². The van der Waals surface area contributed by atoms with Crippen LogP contribution in [-0.4, -0.2) is 35.4 Å². The number of hydrogen-bond acceptors (Lipinski definition) is 4. The van der Waals surface area contributed by atoms with Crippen LogP contribution in [0.15, 0.2) is 48.7 Å². The van der Waals surface area contributed by atoms with Gasteiger partial charge in [0.2, 0.25) is 11.8 Å². The predicted octanol–water partition coefficient (Wildman–Crippen LogP) is 2.08. The molecule has 1 fully saturated rings. The van der Waals surface area contributed by atoms with Crippen LogP contribution in [0.25, 0.3) is 0 Å². The van der Waals surface area contributed by atoms with E-state index >= 15 is 0 Å². The van der Waals surface area contributed by atoms with Gasteiger partial charge in [0.25, 0.3) is 0 Å². The Balaban J connectivity index is 1.63. The van der Waals surface area contributed by atoms with Crippen molar-refractivity contribution in [3.05, 3.63) is 54.4 Å². The Hall–Kier alpha value is -2.89. The average molecular weight is 325 g/mol. The van der Waals surface area contributed by atoms with Gasteiger partial charge in [0.05, 0.1) is 31.0 Å². The third-order valence-electron chi connectivity index (χ3n) is 4.03. The minimum Gasteiger partial charge on any atom is -0.495 e. The molecule has 1 atom stereocenters. The highest BCUT2D eigenvalue weighted by molar-refractivity contribution is 5.98. The third-order valence-corrected chi connectivity index (χ3v) is 4.03. The molecule has 24 heavy (non-hydrogen) atoms. The molecule has 0 aliphatic carbocycles. The van der Waals surface area contributed by atoms with Gasteiger partial charge in [-0.15, -0.1) is 0 Å². The van der Waals surface area contributed by atoms with Crippen molar-refractivity contribution in [3.8, 4) is 5.75 Å². The van der Waals surface area contributed by atoms with Crippen LogP contribution in [0.2, 0.25) is 0 Å². The summed E-state index contributed by atoms with van der Waals surface area (Å²) < 4.78 is 5.23. The molecule has 2 heterocycles. The summed E-state index contributed by atoms with van der Waals surface area (Å²) >= 11 is 0. The lowest BCUT2D eigenvalue weighted by Crippen LogP contribution is -2.28. The fraction of sp³-hybridized carbons (Fsp3) is 0.278. The first kappa shape index (κ1) is 16.0. The Kier molecular flexibility index (Phi) is 4.74. The Morgan fingerprint density at radius 3 is 2.83 bits per heavy atom. The van der Waals surface area contributed by atoms with E-state index in [1.807, 2.05) is 30.3 Å². The lowest BCUT2D eigenvalue weighted by Gasteiger charge is -2.16. The molecule has 1 aromatic carbocycles. The number of amides is 2. The minimum atomic E-state index is -0.369. The van der Waals surface area contributed by atoms with Crippen LogP contribution in [0.4, 0.5) is 5.69 Å². The first-order valence-electron chi connectivity index (χ1n) is 7.79. The third kappa shape index (κ3) is 3.53. The summed E-state index contributed by atoms with van der Waals surface area (Å²) in [5.41, 5.74) is 1.43. The van der Waals surface area contributed by atoms with Gasteiger partial charge in [0, 0.05) is 19.2 Å². The number of pyridine rings is 1. The van der Waals surface area contributed by atoms with Gasteiger partial charge in [0.1, 0.15) is 5.75 Å². The van der Waals surface area contributed by atoms with E-state index in [0.717, 1.165) is 5.69 Å². The zero-order chi connectivity index (χ0) is 16.9. The van der Waals surface area contributed by atoms with E-state index in [1.54, 1.807) is 30.3 Å². The summed E-state index contributed by atoms with van der Waals surface area (Å²) in [4.78, 5) is 30.5. The smallest absolute Gasteiger partial charge is 0.229 e. The summed E-state index contributed by atoms with van der Waals surface area (Å²) in [5, 5.41) is 2.85. The Bertz CT molecular complexity index is 733. The molecule has 2 amide bonds. The van der Waals surface area contributed by atoms with Crippen molar-refractivity contribution in [2.45, 2.75) is 13.0 Å². The van der Waals surface area contributed by atoms with Gasteiger partial charge < -0.3 is 15.0 Å². The highest BCUT2D eigenvalue weighted by Gasteiger charge is 2.34. The summed E-state index contributed by atoms with van der Waals surface area (Å²) in [6.45, 7) is 0.828. The van der Waals surface area contributed by atoms with Crippen molar-refractivity contribution in [2.75, 3.05) is 19.0 Å². The molecule has 1 aliphatic rings. The first-order chi connectivity index (χ1) is 11.7. The summed E-state index contributed by atoms with van der Waals surface area (Å²) in [7, 11) is 1.55. The van der Waals surface area contributed by atoms with Crippen LogP contribution in [0.1, 0.15) is 12.1 Å². The lowest BCUT2D eigenvalue weighted by molar-refractivity contribution is -0.128. The Labute approximate surface area is 140 Å². The molecule has 0 unspecified atom stereocenters. The molecule has 2 aromatic rings. The van der Waals surface area contributed by atoms with Crippen LogP contribution in [0, 0.1) is 5.92 Å². The summed E-state index contributed by atoms with van der Waals surface area (Å²) in [6.07, 6.45) is 1.91. The monoisotopic (exact) mass is 325 g/mol. The number of aromatic nitrogens is 1. The molecular formula is C18H19N3O3. The molecular weight excluding hydrogens is 306 g/mol. The molecule has 6 nitrogen and oxygen atoms in total. The molecule has 0 spiro atoms. The predicted molar refractivity (Wildman–Crippen MR) is 89.4 cm³/mol. The maximum absolute atomic E-state index is 12.5. The van der Waals surface area contributed by atoms with E-state index in [0.29, 0.717) is 24.5 Å². The molecule has 3 rings (SSSR count). The van der Waals surface area contributed by atoms with Crippen LogP contribution in [-0.2, 0) is 16.1 Å². The molecule has 124 valence electrons. The quantitative estimate of drug-likeness (QED) is 0.913. The zero-order valence-electron chi connectivity index (χ0n) is 13.4. The molecule has 1 aromatic heterocycles. The maximum atomic E-state index is 12.5. The van der Waals surface area contributed by atoms with Crippen LogP contribution in [0.5, 0.6) is 5.75 Å². The summed E-state index contributed by atoms with van der Waals surface area (Å²) in [5.74, 6) is 0.0313.